The molecule has 0 aliphatic carbocycles. The summed E-state index contributed by atoms with van der Waals surface area (Å²) in [4.78, 5) is 7.24. The van der Waals surface area contributed by atoms with Crippen molar-refractivity contribution >= 4 is 39.8 Å². The molecular weight excluding hydrogens is 535 g/mol. The summed E-state index contributed by atoms with van der Waals surface area (Å²) < 4.78 is 23.1. The molecule has 0 amide bonds. The molecule has 0 unspecified atom stereocenters. The summed E-state index contributed by atoms with van der Waals surface area (Å²) in [7, 11) is -1.35. The lowest BCUT2D eigenvalue weighted by Gasteiger charge is -2.33. The van der Waals surface area contributed by atoms with Gasteiger partial charge in [-0.3, -0.25) is 9.89 Å². The molecule has 1 aliphatic rings. The second kappa shape index (κ2) is 12.6. The molecule has 3 rings (SSSR count). The van der Waals surface area contributed by atoms with Crippen molar-refractivity contribution in [1.82, 2.24) is 15.5 Å². The molecule has 0 saturated carbocycles. The normalized spacial score (nSPS) is 15.8. The summed E-state index contributed by atoms with van der Waals surface area (Å²) in [6.07, 6.45) is 4.23. The molecule has 0 radical (unpaired) electrons. The van der Waals surface area contributed by atoms with Gasteiger partial charge >= 0.3 is 0 Å². The van der Waals surface area contributed by atoms with Crippen LogP contribution in [0, 0.1) is 6.92 Å². The maximum Gasteiger partial charge on any atom is 0.191 e. The lowest BCUT2D eigenvalue weighted by Crippen LogP contribution is -2.48. The first-order chi connectivity index (χ1) is 14.8. The Morgan fingerprint density at radius 1 is 1.09 bits per heavy atom. The second-order valence-corrected chi connectivity index (χ2v) is 10.3. The van der Waals surface area contributed by atoms with E-state index in [-0.39, 0.29) is 24.0 Å². The predicted octanol–water partition coefficient (Wildman–Crippen LogP) is 3.39. The third-order valence-electron chi connectivity index (χ3n) is 5.86. The molecule has 176 valence electrons. The van der Waals surface area contributed by atoms with E-state index in [0.29, 0.717) is 10.9 Å². The third-order valence-corrected chi connectivity index (χ3v) is 6.99. The van der Waals surface area contributed by atoms with Crippen LogP contribution < -0.4 is 10.6 Å². The number of hydrogen-bond acceptors (Lipinski definition) is 4. The van der Waals surface area contributed by atoms with Crippen LogP contribution in [0.1, 0.15) is 29.5 Å². The number of guanidine groups is 1. The van der Waals surface area contributed by atoms with Crippen LogP contribution in [0.5, 0.6) is 0 Å². The van der Waals surface area contributed by atoms with E-state index in [2.05, 4.69) is 51.7 Å². The molecule has 2 N–H and O–H groups in total. The second-order valence-electron chi connectivity index (χ2n) is 8.29. The number of aryl methyl sites for hydroxylation is 1. The van der Waals surface area contributed by atoms with Crippen LogP contribution in [0.3, 0.4) is 0 Å². The Kier molecular flexibility index (Phi) is 10.4. The molecule has 32 heavy (non-hydrogen) atoms. The van der Waals surface area contributed by atoms with Crippen LogP contribution in [-0.4, -0.2) is 58.3 Å². The number of sulfone groups is 1. The maximum atomic E-state index is 11.6. The highest BCUT2D eigenvalue weighted by Crippen LogP contribution is 2.16. The lowest BCUT2D eigenvalue weighted by atomic mass is 10.0. The molecule has 0 bridgehead atoms. The van der Waals surface area contributed by atoms with Gasteiger partial charge in [-0.15, -0.1) is 24.0 Å². The molecule has 0 spiro atoms. The summed E-state index contributed by atoms with van der Waals surface area (Å²) in [5, 5.41) is 6.93. The van der Waals surface area contributed by atoms with Gasteiger partial charge in [-0.2, -0.15) is 0 Å². The molecule has 0 aromatic heterocycles. The zero-order valence-corrected chi connectivity index (χ0v) is 22.3. The van der Waals surface area contributed by atoms with Gasteiger partial charge in [0.15, 0.2) is 15.8 Å². The average Bonchev–Trinajstić information content (AvgIpc) is 2.75. The van der Waals surface area contributed by atoms with Crippen LogP contribution in [0.4, 0.5) is 0 Å². The summed E-state index contributed by atoms with van der Waals surface area (Å²) >= 11 is 0. The fourth-order valence-corrected chi connectivity index (χ4v) is 4.51. The Hall–Kier alpha value is -1.65. The molecule has 2 aromatic rings. The van der Waals surface area contributed by atoms with E-state index < -0.39 is 9.84 Å². The monoisotopic (exact) mass is 570 g/mol. The number of piperidine rings is 1. The van der Waals surface area contributed by atoms with E-state index in [0.717, 1.165) is 57.0 Å². The highest BCUT2D eigenvalue weighted by atomic mass is 127. The highest BCUT2D eigenvalue weighted by Gasteiger charge is 2.20. The van der Waals surface area contributed by atoms with Crippen molar-refractivity contribution in [2.24, 2.45) is 4.99 Å². The van der Waals surface area contributed by atoms with Crippen molar-refractivity contribution in [2.45, 2.75) is 43.7 Å². The highest BCUT2D eigenvalue weighted by molar-refractivity contribution is 14.0. The van der Waals surface area contributed by atoms with Gasteiger partial charge in [-0.05, 0) is 55.0 Å². The molecule has 6 nitrogen and oxygen atoms in total. The Morgan fingerprint density at radius 2 is 1.75 bits per heavy atom. The van der Waals surface area contributed by atoms with Gasteiger partial charge in [0.25, 0.3) is 0 Å². The predicted molar refractivity (Wildman–Crippen MR) is 143 cm³/mol. The fraction of sp³-hybridized carbons (Fsp3) is 0.458. The molecule has 8 heteroatoms. The first-order valence-corrected chi connectivity index (χ1v) is 12.8. The quantitative estimate of drug-likeness (QED) is 0.304. The zero-order chi connectivity index (χ0) is 22.3. The van der Waals surface area contributed by atoms with Crippen molar-refractivity contribution in [2.75, 3.05) is 32.9 Å². The Bertz CT molecular complexity index is 985. The molecule has 2 aromatic carbocycles. The molecular formula is C24H35IN4O2S. The van der Waals surface area contributed by atoms with Gasteiger partial charge < -0.3 is 10.6 Å². The molecule has 0 atom stereocenters. The van der Waals surface area contributed by atoms with Crippen molar-refractivity contribution in [3.05, 3.63) is 65.2 Å². The van der Waals surface area contributed by atoms with E-state index in [1.54, 1.807) is 19.2 Å². The summed E-state index contributed by atoms with van der Waals surface area (Å²) in [5.41, 5.74) is 3.87. The largest absolute Gasteiger partial charge is 0.356 e. The van der Waals surface area contributed by atoms with Gasteiger partial charge in [0, 0.05) is 45.5 Å². The van der Waals surface area contributed by atoms with Crippen molar-refractivity contribution in [1.29, 1.82) is 0 Å². The Morgan fingerprint density at radius 3 is 2.34 bits per heavy atom. The molecule has 1 aliphatic heterocycles. The SMILES string of the molecule is CN=C(NCCc1ccc(S(C)(=O)=O)cc1)NC1CCN(Cc2ccccc2C)CC1.I. The molecule has 1 heterocycles. The number of halogens is 1. The van der Waals surface area contributed by atoms with E-state index >= 15 is 0 Å². The number of aliphatic imine (C=N–C) groups is 1. The first kappa shape index (κ1) is 26.6. The number of benzene rings is 2. The van der Waals surface area contributed by atoms with Crippen molar-refractivity contribution in [3.63, 3.8) is 0 Å². The average molecular weight is 571 g/mol. The van der Waals surface area contributed by atoms with Gasteiger partial charge in [0.05, 0.1) is 4.90 Å². The van der Waals surface area contributed by atoms with Crippen LogP contribution in [0.15, 0.2) is 58.4 Å². The van der Waals surface area contributed by atoms with Crippen LogP contribution in [0.25, 0.3) is 0 Å². The van der Waals surface area contributed by atoms with E-state index in [9.17, 15) is 8.42 Å². The number of nitrogens with one attached hydrogen (secondary N) is 2. The van der Waals surface area contributed by atoms with Crippen molar-refractivity contribution < 1.29 is 8.42 Å². The minimum atomic E-state index is -3.15. The third kappa shape index (κ3) is 8.04. The van der Waals surface area contributed by atoms with Crippen LogP contribution in [-0.2, 0) is 22.8 Å². The smallest absolute Gasteiger partial charge is 0.191 e. The van der Waals surface area contributed by atoms with Crippen LogP contribution >= 0.6 is 24.0 Å². The number of likely N-dealkylation sites (tertiary alicyclic amines) is 1. The van der Waals surface area contributed by atoms with E-state index in [1.807, 2.05) is 12.1 Å². The van der Waals surface area contributed by atoms with Gasteiger partial charge in [-0.25, -0.2) is 8.42 Å². The Balaban J connectivity index is 0.00000363. The minimum Gasteiger partial charge on any atom is -0.356 e. The molecule has 1 fully saturated rings. The van der Waals surface area contributed by atoms with Gasteiger partial charge in [-0.1, -0.05) is 36.4 Å². The van der Waals surface area contributed by atoms with E-state index in [4.69, 9.17) is 0 Å². The number of hydrogen-bond donors (Lipinski definition) is 2. The topological polar surface area (TPSA) is 73.8 Å². The standard InChI is InChI=1S/C24H34N4O2S.HI/c1-19-6-4-5-7-21(19)18-28-16-13-22(14-17-28)27-24(25-2)26-15-12-20-8-10-23(11-9-20)31(3,29)30;/h4-11,22H,12-18H2,1-3H3,(H2,25,26,27);1H. The Labute approximate surface area is 209 Å². The summed E-state index contributed by atoms with van der Waals surface area (Å²) in [6.45, 7) is 6.10. The first-order valence-electron chi connectivity index (χ1n) is 10.9. The lowest BCUT2D eigenvalue weighted by molar-refractivity contribution is 0.198. The van der Waals surface area contributed by atoms with Gasteiger partial charge in [0.2, 0.25) is 0 Å². The van der Waals surface area contributed by atoms with E-state index in [1.165, 1.54) is 17.4 Å². The van der Waals surface area contributed by atoms with Crippen LogP contribution in [0.2, 0.25) is 0 Å². The van der Waals surface area contributed by atoms with Crippen molar-refractivity contribution in [3.8, 4) is 0 Å². The zero-order valence-electron chi connectivity index (χ0n) is 19.2. The molecule has 1 saturated heterocycles. The maximum absolute atomic E-state index is 11.6. The number of rotatable bonds is 7. The summed E-state index contributed by atoms with van der Waals surface area (Å²) in [6, 6.07) is 16.1. The van der Waals surface area contributed by atoms with Gasteiger partial charge in [0.1, 0.15) is 0 Å². The minimum absolute atomic E-state index is 0. The summed E-state index contributed by atoms with van der Waals surface area (Å²) in [5.74, 6) is 0.824. The fourth-order valence-electron chi connectivity index (χ4n) is 3.88. The number of nitrogens with zero attached hydrogens (tertiary/aromatic N) is 2.